The number of hydrogen-bond acceptors (Lipinski definition) is 2. The summed E-state index contributed by atoms with van der Waals surface area (Å²) < 4.78 is 0. The molecular formula is C25H28N2. The highest BCUT2D eigenvalue weighted by Crippen LogP contribution is 2.32. The summed E-state index contributed by atoms with van der Waals surface area (Å²) in [6.07, 6.45) is 2.43. The molecule has 1 fully saturated rings. The van der Waals surface area contributed by atoms with Gasteiger partial charge < -0.3 is 10.6 Å². The maximum absolute atomic E-state index is 3.85. The molecule has 0 bridgehead atoms. The molecule has 0 spiro atoms. The lowest BCUT2D eigenvalue weighted by Gasteiger charge is -2.39. The van der Waals surface area contributed by atoms with E-state index in [9.17, 15) is 0 Å². The summed E-state index contributed by atoms with van der Waals surface area (Å²) in [5, 5.41) is 7.69. The van der Waals surface area contributed by atoms with E-state index in [4.69, 9.17) is 0 Å². The number of piperidine rings is 1. The van der Waals surface area contributed by atoms with E-state index >= 15 is 0 Å². The van der Waals surface area contributed by atoms with E-state index in [0.29, 0.717) is 18.0 Å². The molecule has 3 aromatic rings. The zero-order valence-electron chi connectivity index (χ0n) is 15.7. The molecule has 0 saturated carbocycles. The van der Waals surface area contributed by atoms with Crippen molar-refractivity contribution in [2.24, 2.45) is 0 Å². The van der Waals surface area contributed by atoms with Crippen molar-refractivity contribution in [1.29, 1.82) is 0 Å². The van der Waals surface area contributed by atoms with E-state index < -0.39 is 0 Å². The molecule has 0 aliphatic carbocycles. The van der Waals surface area contributed by atoms with Crippen molar-refractivity contribution in [3.63, 3.8) is 0 Å². The molecule has 1 aliphatic rings. The molecule has 0 amide bonds. The second kappa shape index (κ2) is 8.98. The van der Waals surface area contributed by atoms with Crippen LogP contribution in [0.15, 0.2) is 91.0 Å². The third kappa shape index (κ3) is 4.47. The quantitative estimate of drug-likeness (QED) is 0.667. The van der Waals surface area contributed by atoms with E-state index in [2.05, 4.69) is 102 Å². The first kappa shape index (κ1) is 18.0. The molecule has 1 saturated heterocycles. The van der Waals surface area contributed by atoms with Gasteiger partial charge in [-0.25, -0.2) is 0 Å². The van der Waals surface area contributed by atoms with Crippen molar-refractivity contribution >= 4 is 0 Å². The van der Waals surface area contributed by atoms with Gasteiger partial charge in [0.1, 0.15) is 0 Å². The SMILES string of the molecule is c1ccc(CNC2CCCNC2C(c2ccccc2)c2ccccc2)cc1. The van der Waals surface area contributed by atoms with Crippen LogP contribution in [0.4, 0.5) is 0 Å². The molecule has 2 unspecified atom stereocenters. The summed E-state index contributed by atoms with van der Waals surface area (Å²) in [7, 11) is 0. The van der Waals surface area contributed by atoms with E-state index in [1.807, 2.05) is 0 Å². The maximum Gasteiger partial charge on any atom is 0.0330 e. The van der Waals surface area contributed by atoms with Crippen molar-refractivity contribution in [2.75, 3.05) is 6.54 Å². The summed E-state index contributed by atoms with van der Waals surface area (Å²) in [5.74, 6) is 0.348. The Morgan fingerprint density at radius 3 is 1.93 bits per heavy atom. The summed E-state index contributed by atoms with van der Waals surface area (Å²) in [5.41, 5.74) is 4.11. The second-order valence-electron chi connectivity index (χ2n) is 7.39. The van der Waals surface area contributed by atoms with Gasteiger partial charge in [-0.2, -0.15) is 0 Å². The van der Waals surface area contributed by atoms with E-state index in [1.165, 1.54) is 29.5 Å². The van der Waals surface area contributed by atoms with Crippen molar-refractivity contribution in [3.05, 3.63) is 108 Å². The van der Waals surface area contributed by atoms with Crippen LogP contribution < -0.4 is 10.6 Å². The number of nitrogens with one attached hydrogen (secondary N) is 2. The van der Waals surface area contributed by atoms with Gasteiger partial charge in [0.2, 0.25) is 0 Å². The van der Waals surface area contributed by atoms with Gasteiger partial charge in [0.15, 0.2) is 0 Å². The predicted molar refractivity (Wildman–Crippen MR) is 113 cm³/mol. The highest BCUT2D eigenvalue weighted by molar-refractivity contribution is 5.35. The van der Waals surface area contributed by atoms with Crippen molar-refractivity contribution in [1.82, 2.24) is 10.6 Å². The first-order valence-corrected chi connectivity index (χ1v) is 10.0. The average Bonchev–Trinajstić information content (AvgIpc) is 2.76. The van der Waals surface area contributed by atoms with Crippen LogP contribution in [0.25, 0.3) is 0 Å². The molecular weight excluding hydrogens is 328 g/mol. The number of rotatable bonds is 6. The molecule has 138 valence electrons. The van der Waals surface area contributed by atoms with Crippen molar-refractivity contribution in [3.8, 4) is 0 Å². The standard InChI is InChI=1S/C25H28N2/c1-4-11-20(12-5-1)19-27-23-17-10-18-26-25(23)24(21-13-6-2-7-14-21)22-15-8-3-9-16-22/h1-9,11-16,23-27H,10,17-19H2. The monoisotopic (exact) mass is 356 g/mol. The van der Waals surface area contributed by atoms with Crippen LogP contribution in [0, 0.1) is 0 Å². The molecule has 1 heterocycles. The Morgan fingerprint density at radius 1 is 0.778 bits per heavy atom. The highest BCUT2D eigenvalue weighted by atomic mass is 15.0. The van der Waals surface area contributed by atoms with Crippen molar-refractivity contribution < 1.29 is 0 Å². The van der Waals surface area contributed by atoms with Gasteiger partial charge in [0.05, 0.1) is 0 Å². The molecule has 0 radical (unpaired) electrons. The van der Waals surface area contributed by atoms with E-state index in [1.54, 1.807) is 0 Å². The summed E-state index contributed by atoms with van der Waals surface area (Å²) in [6, 6.07) is 33.4. The van der Waals surface area contributed by atoms with Crippen LogP contribution in [0.1, 0.15) is 35.4 Å². The smallest absolute Gasteiger partial charge is 0.0330 e. The summed E-state index contributed by atoms with van der Waals surface area (Å²) >= 11 is 0. The van der Waals surface area contributed by atoms with Crippen LogP contribution in [0.3, 0.4) is 0 Å². The molecule has 1 aliphatic heterocycles. The van der Waals surface area contributed by atoms with E-state index in [-0.39, 0.29) is 0 Å². The Bertz CT molecular complexity index is 762. The van der Waals surface area contributed by atoms with Crippen LogP contribution in [-0.4, -0.2) is 18.6 Å². The highest BCUT2D eigenvalue weighted by Gasteiger charge is 2.33. The molecule has 27 heavy (non-hydrogen) atoms. The Labute approximate surface area is 162 Å². The maximum atomic E-state index is 3.85. The first-order chi connectivity index (χ1) is 13.4. The lowest BCUT2D eigenvalue weighted by Crippen LogP contribution is -2.54. The summed E-state index contributed by atoms with van der Waals surface area (Å²) in [6.45, 7) is 2.00. The number of hydrogen-bond donors (Lipinski definition) is 2. The van der Waals surface area contributed by atoms with Gasteiger partial charge in [0, 0.05) is 24.5 Å². The third-order valence-electron chi connectivity index (χ3n) is 5.59. The lowest BCUT2D eigenvalue weighted by atomic mass is 9.79. The van der Waals surface area contributed by atoms with E-state index in [0.717, 1.165) is 13.1 Å². The Morgan fingerprint density at radius 2 is 1.33 bits per heavy atom. The molecule has 4 rings (SSSR count). The topological polar surface area (TPSA) is 24.1 Å². The van der Waals surface area contributed by atoms with Crippen LogP contribution in [-0.2, 0) is 6.54 Å². The minimum atomic E-state index is 0.348. The number of benzene rings is 3. The fourth-order valence-corrected chi connectivity index (χ4v) is 4.26. The van der Waals surface area contributed by atoms with Gasteiger partial charge in [-0.15, -0.1) is 0 Å². The summed E-state index contributed by atoms with van der Waals surface area (Å²) in [4.78, 5) is 0. The van der Waals surface area contributed by atoms with Gasteiger partial charge in [-0.05, 0) is 36.1 Å². The lowest BCUT2D eigenvalue weighted by molar-refractivity contribution is 0.280. The Balaban J connectivity index is 1.60. The Kier molecular flexibility index (Phi) is 5.98. The minimum Gasteiger partial charge on any atom is -0.311 e. The largest absolute Gasteiger partial charge is 0.311 e. The predicted octanol–water partition coefficient (Wildman–Crippen LogP) is 4.73. The van der Waals surface area contributed by atoms with Crippen LogP contribution in [0.2, 0.25) is 0 Å². The van der Waals surface area contributed by atoms with Crippen molar-refractivity contribution in [2.45, 2.75) is 37.4 Å². The zero-order valence-corrected chi connectivity index (χ0v) is 15.7. The van der Waals surface area contributed by atoms with Gasteiger partial charge in [-0.1, -0.05) is 91.0 Å². The molecule has 2 nitrogen and oxygen atoms in total. The average molecular weight is 357 g/mol. The Hall–Kier alpha value is -2.42. The molecule has 2 atom stereocenters. The zero-order chi connectivity index (χ0) is 18.3. The fourth-order valence-electron chi connectivity index (χ4n) is 4.26. The van der Waals surface area contributed by atoms with Gasteiger partial charge in [-0.3, -0.25) is 0 Å². The molecule has 0 aromatic heterocycles. The van der Waals surface area contributed by atoms with Crippen LogP contribution in [0.5, 0.6) is 0 Å². The normalized spacial score (nSPS) is 19.9. The molecule has 3 aromatic carbocycles. The van der Waals surface area contributed by atoms with Crippen LogP contribution >= 0.6 is 0 Å². The molecule has 2 heteroatoms. The second-order valence-corrected chi connectivity index (χ2v) is 7.39. The third-order valence-corrected chi connectivity index (χ3v) is 5.59. The first-order valence-electron chi connectivity index (χ1n) is 10.0. The van der Waals surface area contributed by atoms with Gasteiger partial charge >= 0.3 is 0 Å². The fraction of sp³-hybridized carbons (Fsp3) is 0.280. The molecule has 2 N–H and O–H groups in total. The van der Waals surface area contributed by atoms with Gasteiger partial charge in [0.25, 0.3) is 0 Å². The minimum absolute atomic E-state index is 0.348.